The van der Waals surface area contributed by atoms with Crippen molar-refractivity contribution in [3.63, 3.8) is 0 Å². The zero-order chi connectivity index (χ0) is 73.0. The van der Waals surface area contributed by atoms with Crippen LogP contribution in [0.3, 0.4) is 0 Å². The number of para-hydroxylation sites is 3. The largest absolute Gasteiger partial charge is 0.508 e. The van der Waals surface area contributed by atoms with E-state index in [1.54, 1.807) is 40.9 Å². The number of aliphatic hydroxyl groups excluding tert-OH is 4. The fraction of sp³-hybridized carbons (Fsp3) is 0.557. The molecule has 0 bridgehead atoms. The second kappa shape index (κ2) is 37.5. The Bertz CT molecular complexity index is 3730. The van der Waals surface area contributed by atoms with E-state index in [9.17, 15) is 52.8 Å². The zero-order valence-electron chi connectivity index (χ0n) is 59.2. The first-order chi connectivity index (χ1) is 47.7. The molecule has 0 unspecified atom stereocenters. The Kier molecular flexibility index (Phi) is 29.7. The number of hydrogen-bond acceptors (Lipinski definition) is 17. The third-order valence-electron chi connectivity index (χ3n) is 19.5. The highest BCUT2D eigenvalue weighted by atomic mass is 32.2. The van der Waals surface area contributed by atoms with Crippen LogP contribution in [0.5, 0.6) is 17.2 Å². The maximum Gasteiger partial charge on any atom is 0.508 e. The van der Waals surface area contributed by atoms with E-state index in [0.29, 0.717) is 77.0 Å². The summed E-state index contributed by atoms with van der Waals surface area (Å²) >= 11 is 0. The normalized spacial score (nSPS) is 24.9. The van der Waals surface area contributed by atoms with Crippen molar-refractivity contribution in [2.45, 2.75) is 211 Å². The molecule has 9 rings (SSSR count). The van der Waals surface area contributed by atoms with Gasteiger partial charge >= 0.3 is 24.2 Å². The summed E-state index contributed by atoms with van der Waals surface area (Å²) < 4.78 is 57.2. The smallest absolute Gasteiger partial charge is 0.489 e. The highest BCUT2D eigenvalue weighted by Crippen LogP contribution is 2.55. The molecule has 3 saturated carbocycles. The first-order valence-corrected chi connectivity index (χ1v) is 36.8. The topological polar surface area (TPSA) is 299 Å². The molecule has 3 aromatic rings. The summed E-state index contributed by atoms with van der Waals surface area (Å²) in [5.41, 5.74) is 6.14. The van der Waals surface area contributed by atoms with E-state index >= 15 is 0 Å². The van der Waals surface area contributed by atoms with Crippen LogP contribution in [-0.2, 0) is 57.7 Å². The van der Waals surface area contributed by atoms with E-state index in [-0.39, 0.29) is 96.6 Å². The lowest BCUT2D eigenvalue weighted by atomic mass is 9.86. The number of aliphatic hydroxyl groups is 4. The average Bonchev–Trinajstić information content (AvgIpc) is 1.61. The van der Waals surface area contributed by atoms with Crippen LogP contribution >= 0.6 is 0 Å². The highest BCUT2D eigenvalue weighted by Gasteiger charge is 2.52. The summed E-state index contributed by atoms with van der Waals surface area (Å²) in [7, 11) is 1.26. The van der Waals surface area contributed by atoms with Gasteiger partial charge in [-0.15, -0.1) is 35.5 Å². The number of aryl methyl sites for hydroxylation is 3. The van der Waals surface area contributed by atoms with Gasteiger partial charge < -0.3 is 64.0 Å². The Balaban J connectivity index is 0.000000211. The molecule has 100 heavy (non-hydrogen) atoms. The Morgan fingerprint density at radius 1 is 0.570 bits per heavy atom. The number of ether oxygens (including phenoxy) is 6. The summed E-state index contributed by atoms with van der Waals surface area (Å²) in [6, 6.07) is 17.9. The van der Waals surface area contributed by atoms with Crippen molar-refractivity contribution in [2.75, 3.05) is 33.2 Å². The lowest BCUT2D eigenvalue weighted by Gasteiger charge is -2.23. The molecular formula is C79H101NO19S. The molecule has 1 amide bonds. The number of carbonyl (C=O) groups is 5. The number of benzene rings is 3. The lowest BCUT2D eigenvalue weighted by Crippen LogP contribution is -2.30. The van der Waals surface area contributed by atoms with Gasteiger partial charge in [0.15, 0.2) is 9.84 Å². The summed E-state index contributed by atoms with van der Waals surface area (Å²) in [6.45, 7) is 11.2. The summed E-state index contributed by atoms with van der Waals surface area (Å²) in [5.74, 6) is 17.2. The molecule has 3 aliphatic heterocycles. The van der Waals surface area contributed by atoms with Crippen molar-refractivity contribution in [2.24, 2.45) is 35.5 Å². The molecule has 6 aliphatic rings. The van der Waals surface area contributed by atoms with Gasteiger partial charge in [-0.05, 0) is 94.1 Å². The van der Waals surface area contributed by atoms with Crippen molar-refractivity contribution in [1.82, 2.24) is 4.90 Å². The van der Waals surface area contributed by atoms with Gasteiger partial charge in [-0.1, -0.05) is 99.7 Å². The quantitative estimate of drug-likeness (QED) is 0.0224. The number of hydrogen-bond donors (Lipinski definition) is 6. The monoisotopic (exact) mass is 1400 g/mol. The number of sulfone groups is 1. The van der Waals surface area contributed by atoms with Crippen molar-refractivity contribution in [3.8, 4) is 52.8 Å². The number of ketones is 1. The van der Waals surface area contributed by atoms with Crippen LogP contribution in [-0.4, -0.2) is 162 Å². The molecule has 0 saturated heterocycles. The molecule has 6 N–H and O–H groups in total. The van der Waals surface area contributed by atoms with Crippen molar-refractivity contribution < 1.29 is 91.5 Å². The third kappa shape index (κ3) is 21.5. The van der Waals surface area contributed by atoms with Gasteiger partial charge in [-0.3, -0.25) is 14.4 Å². The Morgan fingerprint density at radius 2 is 0.930 bits per heavy atom. The number of carbonyl (C=O) groups excluding carboxylic acids is 3. The van der Waals surface area contributed by atoms with Crippen molar-refractivity contribution in [1.29, 1.82) is 0 Å². The van der Waals surface area contributed by atoms with E-state index in [0.717, 1.165) is 56.9 Å². The second-order valence-corrected chi connectivity index (χ2v) is 29.5. The van der Waals surface area contributed by atoms with Gasteiger partial charge in [0.2, 0.25) is 0 Å². The van der Waals surface area contributed by atoms with Crippen LogP contribution in [0.1, 0.15) is 170 Å². The summed E-state index contributed by atoms with van der Waals surface area (Å²) in [6.07, 6.45) is 14.8. The van der Waals surface area contributed by atoms with Crippen LogP contribution in [0.25, 0.3) is 0 Å². The van der Waals surface area contributed by atoms with Crippen molar-refractivity contribution in [3.05, 3.63) is 124 Å². The van der Waals surface area contributed by atoms with Crippen LogP contribution in [0.2, 0.25) is 0 Å². The Hall–Kier alpha value is -8.10. The van der Waals surface area contributed by atoms with E-state index in [4.69, 9.17) is 33.9 Å². The SMILES string of the molecule is CC#CC[C@H](C)[C@@H](/C=C/[C@@H]1[C@H]2c3cccc(CCCC(=O)O)c3O[C@H]2C[C@H]1O)OC(=O)N(C)C.CC#CC[C@H](C)[C@@H](/C=C/[C@@H]1[C@H]2c3cccc(CCCC(=O)O)c3O[C@H]2C[C@H]1O)OC(=O)OC.CC#CC[C@H](C)[C@H](O)/C=C/[C@@H]1[C@H]2c3cccc(CCCC(=O)CS(C)(=O)=O)c3O[C@H]2C[C@H]1O. The van der Waals surface area contributed by atoms with Gasteiger partial charge in [-0.2, -0.15) is 0 Å². The number of methoxy groups -OCH3 is 1. The Labute approximate surface area is 589 Å². The molecule has 21 heteroatoms. The van der Waals surface area contributed by atoms with Gasteiger partial charge in [0.25, 0.3) is 0 Å². The third-order valence-corrected chi connectivity index (χ3v) is 20.4. The first kappa shape index (κ1) is 79.2. The molecule has 18 atom stereocenters. The number of Topliss-reactive ketones (excluding diaryl/α,β-unsaturated/α-hetero) is 1. The molecule has 0 radical (unpaired) electrons. The van der Waals surface area contributed by atoms with Crippen LogP contribution in [0.15, 0.2) is 91.1 Å². The molecule has 3 fully saturated rings. The minimum Gasteiger partial charge on any atom is -0.489 e. The van der Waals surface area contributed by atoms with E-state index in [2.05, 4.69) is 40.3 Å². The Morgan fingerprint density at radius 3 is 1.28 bits per heavy atom. The first-order valence-electron chi connectivity index (χ1n) is 34.8. The fourth-order valence-corrected chi connectivity index (χ4v) is 15.0. The van der Waals surface area contributed by atoms with Crippen LogP contribution < -0.4 is 14.2 Å². The molecule has 542 valence electrons. The lowest BCUT2D eigenvalue weighted by molar-refractivity contribution is -0.138. The maximum atomic E-state index is 12.2. The van der Waals surface area contributed by atoms with Gasteiger partial charge in [0, 0.05) is 142 Å². The molecule has 3 aliphatic carbocycles. The number of fused-ring (bicyclic) bond motifs is 9. The maximum absolute atomic E-state index is 12.2. The molecule has 3 aromatic carbocycles. The number of amides is 1. The standard InChI is InChI=1S/C27H35NO6.C26H32O7.C26H34O6S/c1-5-6-9-17(2)22(34-27(32)28(3)4)15-14-19-21(29)16-23-25(19)20-12-7-10-18(26(20)33-23)11-8-13-24(30)31;1-4-5-8-16(2)21(33-26(30)31-3)14-13-18-20(27)15-22-24(18)19-11-6-9-17(25(19)32-22)10-7-12-23(28)29;1-4-5-8-17(2)22(28)14-13-20-23(29)15-24-25(20)21-12-7-10-18(26(21)32-24)9-6-11-19(27)16-33(3,30)31/h7,10,12,14-15,17,19,21-23,25,29H,8-9,11,13,16H2,1-4H3,(H,30,31);6,9,11,13-14,16,18,20-22,24,27H,7-8,10,12,15H2,1-3H3,(H,28,29);7,10,12-14,17,20,22-25,28-29H,6,8-9,11,15-16H2,1-3H3/b15-14+;2*14-13+/t17-,19-,21+,22+,23-,25-;16-,18-,20+,21+,22-,24-;17-,20-,22+,23+,24-,25-/m000/s1. The minimum absolute atomic E-state index is 0.00314. The summed E-state index contributed by atoms with van der Waals surface area (Å²) in [5, 5.41) is 60.6. The van der Waals surface area contributed by atoms with E-state index in [1.807, 2.05) is 106 Å². The number of nitrogens with zero attached hydrogens (tertiary/aromatic N) is 1. The van der Waals surface area contributed by atoms with Gasteiger partial charge in [0.05, 0.1) is 31.5 Å². The fourth-order valence-electron chi connectivity index (χ4n) is 14.3. The zero-order valence-corrected chi connectivity index (χ0v) is 60.0. The molecular weight excluding hydrogens is 1300 g/mol. The molecule has 0 aromatic heterocycles. The van der Waals surface area contributed by atoms with E-state index < -0.39 is 76.4 Å². The number of carboxylic acid groups (broad SMARTS) is 2. The van der Waals surface area contributed by atoms with Crippen LogP contribution in [0.4, 0.5) is 9.59 Å². The molecule has 3 heterocycles. The van der Waals surface area contributed by atoms with Crippen LogP contribution in [0, 0.1) is 71.0 Å². The summed E-state index contributed by atoms with van der Waals surface area (Å²) in [4.78, 5) is 59.0. The van der Waals surface area contributed by atoms with E-state index in [1.165, 1.54) is 12.0 Å². The van der Waals surface area contributed by atoms with Gasteiger partial charge in [0.1, 0.15) is 59.3 Å². The average molecular weight is 1400 g/mol. The predicted molar refractivity (Wildman–Crippen MR) is 378 cm³/mol. The number of aliphatic carboxylic acids is 2. The van der Waals surface area contributed by atoms with Gasteiger partial charge in [-0.25, -0.2) is 18.0 Å². The van der Waals surface area contributed by atoms with Crippen molar-refractivity contribution >= 4 is 39.8 Å². The second-order valence-electron chi connectivity index (χ2n) is 27.4. The molecule has 0 spiro atoms. The molecule has 20 nitrogen and oxygen atoms in total. The number of rotatable bonds is 28. The minimum atomic E-state index is -3.30. The predicted octanol–water partition coefficient (Wildman–Crippen LogP) is 10.9. The highest BCUT2D eigenvalue weighted by molar-refractivity contribution is 7.91. The number of carboxylic acids is 2.